The number of aryl methyl sites for hydroxylation is 1. The van der Waals surface area contributed by atoms with Crippen molar-refractivity contribution in [2.45, 2.75) is 17.0 Å². The molecule has 0 fully saturated rings. The number of carbonyl (C=O) groups is 1. The van der Waals surface area contributed by atoms with E-state index in [-0.39, 0.29) is 9.90 Å². The third kappa shape index (κ3) is 3.46. The molecule has 0 aliphatic carbocycles. The van der Waals surface area contributed by atoms with Gasteiger partial charge >= 0.3 is 5.97 Å². The van der Waals surface area contributed by atoms with E-state index in [0.717, 1.165) is 16.9 Å². The van der Waals surface area contributed by atoms with Crippen LogP contribution < -0.4 is 0 Å². The van der Waals surface area contributed by atoms with Gasteiger partial charge in [-0.3, -0.25) is 0 Å². The molecule has 0 spiro atoms. The second-order valence-electron chi connectivity index (χ2n) is 3.74. The van der Waals surface area contributed by atoms with Crippen LogP contribution in [0.15, 0.2) is 22.5 Å². The van der Waals surface area contributed by atoms with E-state index in [0.29, 0.717) is 15.8 Å². The molecule has 0 aliphatic heterocycles. The number of nitrogens with zero attached hydrogens (tertiary/aromatic N) is 1. The quantitative estimate of drug-likeness (QED) is 0.857. The van der Waals surface area contributed by atoms with Gasteiger partial charge in [-0.15, -0.1) is 11.3 Å². The third-order valence-electron chi connectivity index (χ3n) is 2.32. The van der Waals surface area contributed by atoms with Crippen LogP contribution >= 0.6 is 34.7 Å². The van der Waals surface area contributed by atoms with Gasteiger partial charge in [0.25, 0.3) is 0 Å². The second-order valence-corrected chi connectivity index (χ2v) is 6.37. The molecule has 0 radical (unpaired) electrons. The van der Waals surface area contributed by atoms with Gasteiger partial charge in [0.2, 0.25) is 0 Å². The number of rotatable bonds is 4. The number of thioether (sulfide) groups is 1. The number of thiazole rings is 1. The number of aromatic nitrogens is 1. The number of carboxylic acids is 1. The molecule has 0 amide bonds. The van der Waals surface area contributed by atoms with Crippen molar-refractivity contribution in [2.24, 2.45) is 0 Å². The van der Waals surface area contributed by atoms with Crippen LogP contribution in [0.1, 0.15) is 20.9 Å². The third-order valence-corrected chi connectivity index (χ3v) is 4.97. The molecule has 19 heavy (non-hydrogen) atoms. The first kappa shape index (κ1) is 14.3. The van der Waals surface area contributed by atoms with E-state index in [9.17, 15) is 9.18 Å². The molecule has 1 heterocycles. The Morgan fingerprint density at radius 1 is 1.58 bits per heavy atom. The Balaban J connectivity index is 2.08. The van der Waals surface area contributed by atoms with Crippen LogP contribution in [0.4, 0.5) is 4.39 Å². The Kier molecular flexibility index (Phi) is 4.44. The smallest absolute Gasteiger partial charge is 0.347 e. The fourth-order valence-electron chi connectivity index (χ4n) is 1.41. The predicted octanol–water partition coefficient (Wildman–Crippen LogP) is 4.23. The van der Waals surface area contributed by atoms with Gasteiger partial charge in [0.15, 0.2) is 4.34 Å². The van der Waals surface area contributed by atoms with E-state index >= 15 is 0 Å². The molecule has 0 unspecified atom stereocenters. The highest BCUT2D eigenvalue weighted by Crippen LogP contribution is 2.30. The van der Waals surface area contributed by atoms with Gasteiger partial charge in [-0.2, -0.15) is 0 Å². The Labute approximate surface area is 122 Å². The molecule has 0 atom stereocenters. The molecular formula is C12H9ClFNO2S2. The van der Waals surface area contributed by atoms with Crippen LogP contribution in [0.3, 0.4) is 0 Å². The zero-order chi connectivity index (χ0) is 14.0. The van der Waals surface area contributed by atoms with Crippen molar-refractivity contribution in [3.05, 3.63) is 45.2 Å². The molecule has 3 nitrogen and oxygen atoms in total. The zero-order valence-corrected chi connectivity index (χ0v) is 12.2. The minimum atomic E-state index is -0.966. The first-order valence-electron chi connectivity index (χ1n) is 5.25. The van der Waals surface area contributed by atoms with Crippen LogP contribution in [0.5, 0.6) is 0 Å². The van der Waals surface area contributed by atoms with Crippen molar-refractivity contribution >= 4 is 40.7 Å². The molecule has 2 aromatic rings. The molecule has 100 valence electrons. The lowest BCUT2D eigenvalue weighted by atomic mass is 10.2. The molecule has 1 aromatic heterocycles. The normalized spacial score (nSPS) is 10.7. The highest BCUT2D eigenvalue weighted by atomic mass is 35.5. The zero-order valence-electron chi connectivity index (χ0n) is 9.81. The molecule has 0 saturated heterocycles. The summed E-state index contributed by atoms with van der Waals surface area (Å²) >= 11 is 8.23. The number of hydrogen-bond acceptors (Lipinski definition) is 4. The van der Waals surface area contributed by atoms with Crippen molar-refractivity contribution in [3.63, 3.8) is 0 Å². The maximum atomic E-state index is 13.0. The Morgan fingerprint density at radius 2 is 2.32 bits per heavy atom. The molecule has 2 rings (SSSR count). The van der Waals surface area contributed by atoms with Crippen molar-refractivity contribution in [1.29, 1.82) is 0 Å². The summed E-state index contributed by atoms with van der Waals surface area (Å²) in [4.78, 5) is 15.3. The van der Waals surface area contributed by atoms with E-state index in [4.69, 9.17) is 16.7 Å². The predicted molar refractivity (Wildman–Crippen MR) is 74.8 cm³/mol. The summed E-state index contributed by atoms with van der Waals surface area (Å²) in [5.41, 5.74) is 1.37. The molecular weight excluding hydrogens is 309 g/mol. The Morgan fingerprint density at radius 3 is 2.89 bits per heavy atom. The average molecular weight is 318 g/mol. The lowest BCUT2D eigenvalue weighted by Gasteiger charge is -2.00. The van der Waals surface area contributed by atoms with Crippen LogP contribution in [0, 0.1) is 12.7 Å². The van der Waals surface area contributed by atoms with Gasteiger partial charge in [-0.25, -0.2) is 14.2 Å². The highest BCUT2D eigenvalue weighted by molar-refractivity contribution is 8.00. The molecule has 0 bridgehead atoms. The lowest BCUT2D eigenvalue weighted by Crippen LogP contribution is -1.94. The summed E-state index contributed by atoms with van der Waals surface area (Å²) in [5.74, 6) is -0.855. The fraction of sp³-hybridized carbons (Fsp3) is 0.167. The molecule has 0 aliphatic rings. The summed E-state index contributed by atoms with van der Waals surface area (Å²) in [6.07, 6.45) is 0. The standard InChI is InChI=1S/C12H9ClFNO2S2/c1-6-10(11(16)17)19-12(15-6)18-5-7-2-3-9(14)8(13)4-7/h2-4H,5H2,1H3,(H,16,17). The number of hydrogen-bond donors (Lipinski definition) is 1. The number of benzene rings is 1. The van der Waals surface area contributed by atoms with Gasteiger partial charge in [0, 0.05) is 5.75 Å². The summed E-state index contributed by atoms with van der Waals surface area (Å²) in [7, 11) is 0. The van der Waals surface area contributed by atoms with Gasteiger partial charge in [0.1, 0.15) is 10.7 Å². The number of aromatic carboxylic acids is 1. The minimum absolute atomic E-state index is 0.0830. The van der Waals surface area contributed by atoms with E-state index < -0.39 is 11.8 Å². The molecule has 1 aromatic carbocycles. The van der Waals surface area contributed by atoms with Crippen LogP contribution in [-0.4, -0.2) is 16.1 Å². The SMILES string of the molecule is Cc1nc(SCc2ccc(F)c(Cl)c2)sc1C(=O)O. The first-order valence-corrected chi connectivity index (χ1v) is 7.43. The second kappa shape index (κ2) is 5.90. The van der Waals surface area contributed by atoms with E-state index in [1.54, 1.807) is 19.1 Å². The Hall–Kier alpha value is -1.11. The monoisotopic (exact) mass is 317 g/mol. The van der Waals surface area contributed by atoms with Crippen LogP contribution in [0.2, 0.25) is 5.02 Å². The van der Waals surface area contributed by atoms with E-state index in [1.807, 2.05) is 0 Å². The van der Waals surface area contributed by atoms with E-state index in [2.05, 4.69) is 4.98 Å². The highest BCUT2D eigenvalue weighted by Gasteiger charge is 2.14. The van der Waals surface area contributed by atoms with E-state index in [1.165, 1.54) is 17.8 Å². The molecule has 7 heteroatoms. The molecule has 1 N–H and O–H groups in total. The van der Waals surface area contributed by atoms with Crippen molar-refractivity contribution in [1.82, 2.24) is 4.98 Å². The minimum Gasteiger partial charge on any atom is -0.477 e. The number of carboxylic acid groups (broad SMARTS) is 1. The van der Waals surface area contributed by atoms with Crippen LogP contribution in [0.25, 0.3) is 0 Å². The molecule has 0 saturated carbocycles. The average Bonchev–Trinajstić information content (AvgIpc) is 2.72. The van der Waals surface area contributed by atoms with Gasteiger partial charge in [-0.05, 0) is 24.6 Å². The number of halogens is 2. The van der Waals surface area contributed by atoms with Gasteiger partial charge < -0.3 is 5.11 Å². The summed E-state index contributed by atoms with van der Waals surface area (Å²) in [6, 6.07) is 4.52. The summed E-state index contributed by atoms with van der Waals surface area (Å²) in [5, 5.41) is 9.02. The van der Waals surface area contributed by atoms with Crippen molar-refractivity contribution in [2.75, 3.05) is 0 Å². The van der Waals surface area contributed by atoms with Gasteiger partial charge in [0.05, 0.1) is 10.7 Å². The maximum Gasteiger partial charge on any atom is 0.347 e. The summed E-state index contributed by atoms with van der Waals surface area (Å²) < 4.78 is 13.7. The van der Waals surface area contributed by atoms with Crippen molar-refractivity contribution in [3.8, 4) is 0 Å². The van der Waals surface area contributed by atoms with Crippen LogP contribution in [-0.2, 0) is 5.75 Å². The topological polar surface area (TPSA) is 50.2 Å². The lowest BCUT2D eigenvalue weighted by molar-refractivity contribution is 0.0701. The van der Waals surface area contributed by atoms with Crippen molar-refractivity contribution < 1.29 is 14.3 Å². The maximum absolute atomic E-state index is 13.0. The first-order chi connectivity index (χ1) is 8.97. The summed E-state index contributed by atoms with van der Waals surface area (Å²) in [6.45, 7) is 1.67. The largest absolute Gasteiger partial charge is 0.477 e. The van der Waals surface area contributed by atoms with Gasteiger partial charge in [-0.1, -0.05) is 29.4 Å². The fourth-order valence-corrected chi connectivity index (χ4v) is 3.58. The Bertz CT molecular complexity index is 630.